The minimum Gasteiger partial charge on any atom is -0.0828 e. The van der Waals surface area contributed by atoms with E-state index in [1.807, 2.05) is 0 Å². The Hall–Kier alpha value is -0.0400. The quantitative estimate of drug-likeness (QED) is 0.575. The molecule has 1 atom stereocenters. The first-order valence-corrected chi connectivity index (χ1v) is 4.83. The molecular weight excluding hydrogens is 200 g/mol. The molecule has 0 bridgehead atoms. The van der Waals surface area contributed by atoms with Gasteiger partial charge in [0, 0.05) is 4.48 Å². The minimum atomic E-state index is 0.393. The highest BCUT2D eigenvalue weighted by molar-refractivity contribution is 9.11. The summed E-state index contributed by atoms with van der Waals surface area (Å²) in [5.41, 5.74) is 0.393. The second kappa shape index (κ2) is 3.14. The molecule has 0 aliphatic heterocycles. The van der Waals surface area contributed by atoms with E-state index in [4.69, 9.17) is 0 Å². The van der Waals surface area contributed by atoms with Gasteiger partial charge in [0.05, 0.1) is 0 Å². The molecule has 0 heterocycles. The summed E-state index contributed by atoms with van der Waals surface area (Å²) >= 11 is 3.50. The zero-order chi connectivity index (χ0) is 8.48. The van der Waals surface area contributed by atoms with Crippen LogP contribution >= 0.6 is 15.9 Å². The first kappa shape index (κ1) is 9.05. The summed E-state index contributed by atoms with van der Waals surface area (Å²) in [7, 11) is 0. The Morgan fingerprint density at radius 1 is 1.45 bits per heavy atom. The van der Waals surface area contributed by atoms with E-state index in [9.17, 15) is 0 Å². The summed E-state index contributed by atoms with van der Waals surface area (Å²) in [6, 6.07) is 0. The van der Waals surface area contributed by atoms with Crippen LogP contribution < -0.4 is 0 Å². The molecule has 11 heavy (non-hydrogen) atoms. The predicted octanol–water partition coefficient (Wildman–Crippen LogP) is 3.89. The zero-order valence-electron chi connectivity index (χ0n) is 7.39. The second-order valence-electron chi connectivity index (χ2n) is 4.16. The fourth-order valence-electron chi connectivity index (χ4n) is 1.25. The number of rotatable bonds is 0. The third-order valence-corrected chi connectivity index (χ3v) is 2.67. The summed E-state index contributed by atoms with van der Waals surface area (Å²) in [6.45, 7) is 6.86. The Labute approximate surface area is 77.5 Å². The standard InChI is InChI=1S/C10H15Br/c1-10(2,3)8-5-4-6-9(11)7-8/h4,6-8H,5H2,1-3H3. The van der Waals surface area contributed by atoms with E-state index < -0.39 is 0 Å². The van der Waals surface area contributed by atoms with Gasteiger partial charge >= 0.3 is 0 Å². The molecule has 0 nitrogen and oxygen atoms in total. The van der Waals surface area contributed by atoms with Crippen LogP contribution in [0.5, 0.6) is 0 Å². The van der Waals surface area contributed by atoms with Crippen LogP contribution in [0.3, 0.4) is 0 Å². The van der Waals surface area contributed by atoms with Crippen LogP contribution in [-0.2, 0) is 0 Å². The minimum absolute atomic E-state index is 0.393. The SMILES string of the molecule is CC(C)(C)C1C=C(Br)C=CC1. The van der Waals surface area contributed by atoms with Crippen molar-refractivity contribution in [1.82, 2.24) is 0 Å². The molecule has 0 saturated heterocycles. The van der Waals surface area contributed by atoms with Gasteiger partial charge in [0.1, 0.15) is 0 Å². The van der Waals surface area contributed by atoms with Crippen molar-refractivity contribution < 1.29 is 0 Å². The van der Waals surface area contributed by atoms with Crippen LogP contribution in [-0.4, -0.2) is 0 Å². The van der Waals surface area contributed by atoms with Gasteiger partial charge in [-0.15, -0.1) is 0 Å². The van der Waals surface area contributed by atoms with Crippen LogP contribution in [0.4, 0.5) is 0 Å². The third-order valence-electron chi connectivity index (χ3n) is 2.14. The molecule has 0 radical (unpaired) electrons. The molecule has 1 aliphatic rings. The fraction of sp³-hybridized carbons (Fsp3) is 0.600. The number of halogens is 1. The fourth-order valence-corrected chi connectivity index (χ4v) is 1.75. The number of hydrogen-bond donors (Lipinski definition) is 0. The van der Waals surface area contributed by atoms with Crippen molar-refractivity contribution in [3.63, 3.8) is 0 Å². The van der Waals surface area contributed by atoms with Gasteiger partial charge in [0.2, 0.25) is 0 Å². The van der Waals surface area contributed by atoms with Crippen LogP contribution in [0, 0.1) is 11.3 Å². The van der Waals surface area contributed by atoms with Gasteiger partial charge in [-0.2, -0.15) is 0 Å². The van der Waals surface area contributed by atoms with Crippen LogP contribution in [0.2, 0.25) is 0 Å². The highest BCUT2D eigenvalue weighted by atomic mass is 79.9. The molecule has 0 amide bonds. The van der Waals surface area contributed by atoms with Gasteiger partial charge in [-0.3, -0.25) is 0 Å². The lowest BCUT2D eigenvalue weighted by atomic mass is 9.77. The highest BCUT2D eigenvalue weighted by Gasteiger charge is 2.22. The molecule has 0 fully saturated rings. The average molecular weight is 215 g/mol. The van der Waals surface area contributed by atoms with Crippen molar-refractivity contribution in [3.8, 4) is 0 Å². The second-order valence-corrected chi connectivity index (χ2v) is 5.08. The molecule has 1 rings (SSSR count). The summed E-state index contributed by atoms with van der Waals surface area (Å²) in [5, 5.41) is 0. The lowest BCUT2D eigenvalue weighted by Crippen LogP contribution is -2.18. The predicted molar refractivity (Wildman–Crippen MR) is 53.7 cm³/mol. The maximum absolute atomic E-state index is 3.50. The largest absolute Gasteiger partial charge is 0.0828 e. The maximum atomic E-state index is 3.50. The van der Waals surface area contributed by atoms with Crippen LogP contribution in [0.25, 0.3) is 0 Å². The van der Waals surface area contributed by atoms with Crippen molar-refractivity contribution in [1.29, 1.82) is 0 Å². The summed E-state index contributed by atoms with van der Waals surface area (Å²) in [4.78, 5) is 0. The van der Waals surface area contributed by atoms with Gasteiger partial charge in [-0.05, 0) is 17.8 Å². The lowest BCUT2D eigenvalue weighted by molar-refractivity contribution is 0.293. The monoisotopic (exact) mass is 214 g/mol. The zero-order valence-corrected chi connectivity index (χ0v) is 8.98. The van der Waals surface area contributed by atoms with E-state index >= 15 is 0 Å². The van der Waals surface area contributed by atoms with Crippen LogP contribution in [0.1, 0.15) is 27.2 Å². The molecule has 0 aromatic rings. The molecule has 1 heteroatoms. The maximum Gasteiger partial charge on any atom is 0.0135 e. The van der Waals surface area contributed by atoms with Gasteiger partial charge in [-0.1, -0.05) is 54.9 Å². The van der Waals surface area contributed by atoms with E-state index in [1.54, 1.807) is 0 Å². The molecule has 0 spiro atoms. The van der Waals surface area contributed by atoms with Crippen molar-refractivity contribution in [3.05, 3.63) is 22.7 Å². The van der Waals surface area contributed by atoms with E-state index in [2.05, 4.69) is 54.9 Å². The molecular formula is C10H15Br. The van der Waals surface area contributed by atoms with E-state index in [0.29, 0.717) is 11.3 Å². The van der Waals surface area contributed by atoms with Crippen molar-refractivity contribution >= 4 is 15.9 Å². The number of hydrogen-bond acceptors (Lipinski definition) is 0. The molecule has 0 saturated carbocycles. The van der Waals surface area contributed by atoms with Crippen molar-refractivity contribution in [2.45, 2.75) is 27.2 Å². The molecule has 1 unspecified atom stereocenters. The van der Waals surface area contributed by atoms with Crippen molar-refractivity contribution in [2.75, 3.05) is 0 Å². The average Bonchev–Trinajstić information content (AvgIpc) is 1.86. The lowest BCUT2D eigenvalue weighted by Gasteiger charge is -2.29. The summed E-state index contributed by atoms with van der Waals surface area (Å²) in [6.07, 6.45) is 7.85. The van der Waals surface area contributed by atoms with E-state index in [1.165, 1.54) is 10.9 Å². The molecule has 0 aromatic heterocycles. The normalized spacial score (nSPS) is 25.1. The molecule has 0 aromatic carbocycles. The Morgan fingerprint density at radius 3 is 2.45 bits per heavy atom. The van der Waals surface area contributed by atoms with Gasteiger partial charge in [0.25, 0.3) is 0 Å². The third kappa shape index (κ3) is 2.48. The van der Waals surface area contributed by atoms with Gasteiger partial charge in [0.15, 0.2) is 0 Å². The smallest absolute Gasteiger partial charge is 0.0135 e. The number of allylic oxidation sites excluding steroid dienone is 4. The first-order valence-electron chi connectivity index (χ1n) is 4.04. The van der Waals surface area contributed by atoms with Gasteiger partial charge < -0.3 is 0 Å². The molecule has 1 aliphatic carbocycles. The van der Waals surface area contributed by atoms with E-state index in [-0.39, 0.29) is 0 Å². The van der Waals surface area contributed by atoms with E-state index in [0.717, 1.165) is 0 Å². The molecule has 62 valence electrons. The van der Waals surface area contributed by atoms with Crippen LogP contribution in [0.15, 0.2) is 22.7 Å². The Balaban J connectivity index is 2.71. The van der Waals surface area contributed by atoms with Crippen molar-refractivity contribution in [2.24, 2.45) is 11.3 Å². The Bertz CT molecular complexity index is 193. The van der Waals surface area contributed by atoms with Gasteiger partial charge in [-0.25, -0.2) is 0 Å². The Morgan fingerprint density at radius 2 is 2.09 bits per heavy atom. The summed E-state index contributed by atoms with van der Waals surface area (Å²) in [5.74, 6) is 0.682. The highest BCUT2D eigenvalue weighted by Crippen LogP contribution is 2.34. The Kier molecular flexibility index (Phi) is 2.58. The first-order chi connectivity index (χ1) is 5.00. The molecule has 0 N–H and O–H groups in total. The summed E-state index contributed by atoms with van der Waals surface area (Å²) < 4.78 is 1.23. The topological polar surface area (TPSA) is 0 Å².